The maximum absolute atomic E-state index is 12.6. The Balaban J connectivity index is 2.65. The van der Waals surface area contributed by atoms with Crippen molar-refractivity contribution in [2.24, 2.45) is 0 Å². The quantitative estimate of drug-likeness (QED) is 0.792. The summed E-state index contributed by atoms with van der Waals surface area (Å²) in [5.74, 6) is -0.854. The van der Waals surface area contributed by atoms with Crippen LogP contribution in [0.1, 0.15) is 18.9 Å². The summed E-state index contributed by atoms with van der Waals surface area (Å²) >= 11 is 0. The first-order valence-electron chi connectivity index (χ1n) is 4.83. The van der Waals surface area contributed by atoms with E-state index >= 15 is 0 Å². The summed E-state index contributed by atoms with van der Waals surface area (Å²) < 4.78 is 35.7. The summed E-state index contributed by atoms with van der Waals surface area (Å²) in [5.41, 5.74) is 0.532. The van der Waals surface area contributed by atoms with Crippen molar-refractivity contribution in [3.63, 3.8) is 0 Å². The fourth-order valence-corrected chi connectivity index (χ4v) is 2.65. The van der Waals surface area contributed by atoms with Gasteiger partial charge in [0.15, 0.2) is 9.84 Å². The second-order valence-corrected chi connectivity index (χ2v) is 5.85. The van der Waals surface area contributed by atoms with Crippen LogP contribution in [0.4, 0.5) is 4.39 Å². The molecule has 1 aromatic carbocycles. The Kier molecular flexibility index (Phi) is 4.18. The summed E-state index contributed by atoms with van der Waals surface area (Å²) in [4.78, 5) is 10.7. The van der Waals surface area contributed by atoms with Gasteiger partial charge in [-0.05, 0) is 24.6 Å². The van der Waals surface area contributed by atoms with Crippen LogP contribution in [0.3, 0.4) is 0 Å². The highest BCUT2D eigenvalue weighted by atomic mass is 32.2. The Morgan fingerprint density at radius 1 is 1.25 bits per heavy atom. The van der Waals surface area contributed by atoms with Crippen molar-refractivity contribution in [2.75, 3.05) is 5.75 Å². The number of hydrogen-bond acceptors (Lipinski definition) is 3. The predicted molar refractivity (Wildman–Crippen MR) is 59.2 cm³/mol. The molecule has 3 nitrogen and oxygen atoms in total. The van der Waals surface area contributed by atoms with Gasteiger partial charge < -0.3 is 0 Å². The zero-order valence-corrected chi connectivity index (χ0v) is 9.76. The molecule has 0 aliphatic rings. The highest BCUT2D eigenvalue weighted by molar-refractivity contribution is 7.90. The summed E-state index contributed by atoms with van der Waals surface area (Å²) in [5, 5.41) is 0. The van der Waals surface area contributed by atoms with E-state index in [4.69, 9.17) is 0 Å². The Morgan fingerprint density at radius 3 is 2.31 bits per heavy atom. The minimum Gasteiger partial charge on any atom is -0.300 e. The maximum Gasteiger partial charge on any atom is 0.154 e. The van der Waals surface area contributed by atoms with E-state index in [0.29, 0.717) is 5.56 Å². The van der Waals surface area contributed by atoms with Crippen LogP contribution in [0.15, 0.2) is 24.3 Å². The zero-order chi connectivity index (χ0) is 12.2. The minimum absolute atomic E-state index is 0.0313. The lowest BCUT2D eigenvalue weighted by Crippen LogP contribution is -2.11. The molecule has 0 radical (unpaired) electrons. The van der Waals surface area contributed by atoms with Crippen LogP contribution in [0.5, 0.6) is 0 Å². The van der Waals surface area contributed by atoms with Gasteiger partial charge >= 0.3 is 0 Å². The molecule has 0 saturated heterocycles. The molecule has 0 unspecified atom stereocenters. The van der Waals surface area contributed by atoms with Gasteiger partial charge in [-0.2, -0.15) is 0 Å². The molecule has 0 fully saturated rings. The van der Waals surface area contributed by atoms with E-state index in [-0.39, 0.29) is 23.7 Å². The Bertz CT molecular complexity index is 463. The Morgan fingerprint density at radius 2 is 1.81 bits per heavy atom. The molecule has 0 atom stereocenters. The van der Waals surface area contributed by atoms with Gasteiger partial charge in [0.1, 0.15) is 11.6 Å². The van der Waals surface area contributed by atoms with E-state index in [1.165, 1.54) is 31.2 Å². The van der Waals surface area contributed by atoms with Crippen molar-refractivity contribution < 1.29 is 17.6 Å². The van der Waals surface area contributed by atoms with Crippen LogP contribution in [0, 0.1) is 5.82 Å². The van der Waals surface area contributed by atoms with Crippen molar-refractivity contribution >= 4 is 15.6 Å². The topological polar surface area (TPSA) is 51.2 Å². The molecule has 0 aromatic heterocycles. The number of ketones is 1. The molecule has 0 amide bonds. The zero-order valence-electron chi connectivity index (χ0n) is 8.94. The van der Waals surface area contributed by atoms with E-state index in [0.717, 1.165) is 0 Å². The van der Waals surface area contributed by atoms with Crippen LogP contribution in [-0.2, 0) is 20.4 Å². The number of Topliss-reactive ketones (excluding diaryl/α,β-unsaturated/α-hetero) is 1. The van der Waals surface area contributed by atoms with Crippen molar-refractivity contribution in [3.05, 3.63) is 35.6 Å². The Hall–Kier alpha value is -1.23. The number of carbonyl (C=O) groups is 1. The number of rotatable bonds is 5. The molecule has 1 rings (SSSR count). The third-order valence-corrected chi connectivity index (χ3v) is 3.66. The molecule has 1 aromatic rings. The van der Waals surface area contributed by atoms with Gasteiger partial charge in [0.25, 0.3) is 0 Å². The minimum atomic E-state index is -3.29. The van der Waals surface area contributed by atoms with Crippen LogP contribution in [0.25, 0.3) is 0 Å². The lowest BCUT2D eigenvalue weighted by molar-refractivity contribution is -0.116. The average molecular weight is 244 g/mol. The second kappa shape index (κ2) is 5.21. The molecule has 0 N–H and O–H groups in total. The summed E-state index contributed by atoms with van der Waals surface area (Å²) in [6.07, 6.45) is 0.0313. The van der Waals surface area contributed by atoms with Gasteiger partial charge in [-0.3, -0.25) is 4.79 Å². The Labute approximate surface area is 94.2 Å². The second-order valence-electron chi connectivity index (χ2n) is 3.67. The van der Waals surface area contributed by atoms with Crippen molar-refractivity contribution in [1.82, 2.24) is 0 Å². The molecule has 0 heterocycles. The lowest BCUT2D eigenvalue weighted by atomic mass is 10.2. The van der Waals surface area contributed by atoms with Crippen molar-refractivity contribution in [1.29, 1.82) is 0 Å². The predicted octanol–water partition coefficient (Wildman–Crippen LogP) is 1.72. The molecular weight excluding hydrogens is 231 g/mol. The largest absolute Gasteiger partial charge is 0.300 e. The molecule has 16 heavy (non-hydrogen) atoms. The molecule has 0 aliphatic heterocycles. The van der Waals surface area contributed by atoms with Crippen LogP contribution in [0.2, 0.25) is 0 Å². The number of benzene rings is 1. The first-order valence-corrected chi connectivity index (χ1v) is 6.65. The first-order chi connectivity index (χ1) is 7.39. The fraction of sp³-hybridized carbons (Fsp3) is 0.364. The molecule has 5 heteroatoms. The number of halogens is 1. The average Bonchev–Trinajstić information content (AvgIpc) is 2.19. The lowest BCUT2D eigenvalue weighted by Gasteiger charge is -2.03. The van der Waals surface area contributed by atoms with Gasteiger partial charge in [-0.15, -0.1) is 0 Å². The van der Waals surface area contributed by atoms with Crippen molar-refractivity contribution in [3.8, 4) is 0 Å². The highest BCUT2D eigenvalue weighted by Gasteiger charge is 2.12. The normalized spacial score (nSPS) is 11.4. The van der Waals surface area contributed by atoms with Gasteiger partial charge in [0.2, 0.25) is 0 Å². The standard InChI is InChI=1S/C11H13FO3S/c1-9(13)6-7-16(14,15)8-10-2-4-11(12)5-3-10/h2-5H,6-8H2,1H3. The van der Waals surface area contributed by atoms with Gasteiger partial charge in [0.05, 0.1) is 11.5 Å². The molecular formula is C11H13FO3S. The summed E-state index contributed by atoms with van der Waals surface area (Å²) in [6, 6.07) is 5.30. The first kappa shape index (κ1) is 12.8. The fourth-order valence-electron chi connectivity index (χ4n) is 1.21. The van der Waals surface area contributed by atoms with Crippen LogP contribution >= 0.6 is 0 Å². The summed E-state index contributed by atoms with van der Waals surface area (Å²) in [6.45, 7) is 1.35. The molecule has 0 bridgehead atoms. The molecule has 0 saturated carbocycles. The highest BCUT2D eigenvalue weighted by Crippen LogP contribution is 2.09. The van der Waals surface area contributed by atoms with E-state index in [1.54, 1.807) is 0 Å². The van der Waals surface area contributed by atoms with E-state index in [1.807, 2.05) is 0 Å². The van der Waals surface area contributed by atoms with Gasteiger partial charge in [-0.25, -0.2) is 12.8 Å². The smallest absolute Gasteiger partial charge is 0.154 e. The van der Waals surface area contributed by atoms with Crippen molar-refractivity contribution in [2.45, 2.75) is 19.1 Å². The van der Waals surface area contributed by atoms with E-state index < -0.39 is 15.7 Å². The van der Waals surface area contributed by atoms with Gasteiger partial charge in [0, 0.05) is 6.42 Å². The molecule has 88 valence electrons. The van der Waals surface area contributed by atoms with E-state index in [2.05, 4.69) is 0 Å². The van der Waals surface area contributed by atoms with Crippen LogP contribution < -0.4 is 0 Å². The molecule has 0 aliphatic carbocycles. The number of carbonyl (C=O) groups excluding carboxylic acids is 1. The third kappa shape index (κ3) is 4.53. The number of sulfone groups is 1. The van der Waals surface area contributed by atoms with Gasteiger partial charge in [-0.1, -0.05) is 12.1 Å². The third-order valence-electron chi connectivity index (χ3n) is 2.06. The number of hydrogen-bond donors (Lipinski definition) is 0. The monoisotopic (exact) mass is 244 g/mol. The SMILES string of the molecule is CC(=O)CCS(=O)(=O)Cc1ccc(F)cc1. The summed E-state index contributed by atoms with van der Waals surface area (Å²) in [7, 11) is -3.29. The molecule has 0 spiro atoms. The van der Waals surface area contributed by atoms with Crippen LogP contribution in [-0.4, -0.2) is 20.0 Å². The van der Waals surface area contributed by atoms with E-state index in [9.17, 15) is 17.6 Å². The maximum atomic E-state index is 12.6.